The number of hydrogen-bond donors (Lipinski definition) is 0. The maximum Gasteiger partial charge on any atom is 0.155 e. The van der Waals surface area contributed by atoms with Gasteiger partial charge in [-0.2, -0.15) is 0 Å². The number of hydrogen-bond acceptors (Lipinski definition) is 3. The Morgan fingerprint density at radius 2 is 2.29 bits per heavy atom. The number of rotatable bonds is 3. The Morgan fingerprint density at radius 3 is 2.79 bits per heavy atom. The summed E-state index contributed by atoms with van der Waals surface area (Å²) in [6.07, 6.45) is 1.75. The molecule has 4 nitrogen and oxygen atoms in total. The van der Waals surface area contributed by atoms with Gasteiger partial charge in [-0.05, 0) is 13.6 Å². The van der Waals surface area contributed by atoms with Crippen molar-refractivity contribution in [3.8, 4) is 0 Å². The normalized spacial score (nSPS) is 14.1. The van der Waals surface area contributed by atoms with Crippen LogP contribution in [-0.4, -0.2) is 29.0 Å². The molecule has 0 aliphatic carbocycles. The van der Waals surface area contributed by atoms with E-state index in [-0.39, 0.29) is 5.92 Å². The largest absolute Gasteiger partial charge is 0.319 e. The van der Waals surface area contributed by atoms with Gasteiger partial charge in [-0.3, -0.25) is 4.99 Å². The van der Waals surface area contributed by atoms with Crippen LogP contribution in [0.15, 0.2) is 16.3 Å². The second-order valence-electron chi connectivity index (χ2n) is 3.31. The van der Waals surface area contributed by atoms with Crippen LogP contribution in [0.2, 0.25) is 0 Å². The Kier molecular flexibility index (Phi) is 3.17. The molecule has 1 rings (SSSR count). The lowest BCUT2D eigenvalue weighted by Crippen LogP contribution is -2.05. The van der Waals surface area contributed by atoms with E-state index in [0.717, 1.165) is 17.2 Å². The Balaban J connectivity index is 3.12. The summed E-state index contributed by atoms with van der Waals surface area (Å²) in [7, 11) is 3.70. The van der Waals surface area contributed by atoms with E-state index in [0.29, 0.717) is 0 Å². The lowest BCUT2D eigenvalue weighted by atomic mass is 10.0. The molecule has 0 radical (unpaired) electrons. The van der Waals surface area contributed by atoms with Gasteiger partial charge in [0.1, 0.15) is 0 Å². The molecular formula is C10H16N4. The standard InChI is InChI=1S/C10H16N4/c1-7(8(2)11-3)9-10(12-4)14(5)6-13-9/h6-7H,4H2,1-3,5H3. The Morgan fingerprint density at radius 1 is 1.64 bits per heavy atom. The van der Waals surface area contributed by atoms with E-state index in [1.807, 2.05) is 18.5 Å². The summed E-state index contributed by atoms with van der Waals surface area (Å²) in [4.78, 5) is 12.4. The van der Waals surface area contributed by atoms with Crippen LogP contribution in [0.4, 0.5) is 5.82 Å². The second kappa shape index (κ2) is 4.17. The third-order valence-corrected chi connectivity index (χ3v) is 2.47. The summed E-state index contributed by atoms with van der Waals surface area (Å²) in [6.45, 7) is 7.60. The summed E-state index contributed by atoms with van der Waals surface area (Å²) in [6, 6.07) is 0. The van der Waals surface area contributed by atoms with Crippen LogP contribution in [0, 0.1) is 0 Å². The molecule has 76 valence electrons. The summed E-state index contributed by atoms with van der Waals surface area (Å²) < 4.78 is 1.86. The summed E-state index contributed by atoms with van der Waals surface area (Å²) in [5.74, 6) is 1.02. The van der Waals surface area contributed by atoms with Gasteiger partial charge in [0.2, 0.25) is 0 Å². The molecule has 0 aliphatic rings. The van der Waals surface area contributed by atoms with Gasteiger partial charge in [0.05, 0.1) is 12.0 Å². The third kappa shape index (κ3) is 1.73. The Bertz CT molecular complexity index is 362. The van der Waals surface area contributed by atoms with Gasteiger partial charge < -0.3 is 4.57 Å². The van der Waals surface area contributed by atoms with Gasteiger partial charge in [0, 0.05) is 25.7 Å². The lowest BCUT2D eigenvalue weighted by molar-refractivity contribution is 0.908. The second-order valence-corrected chi connectivity index (χ2v) is 3.31. The molecule has 0 aromatic carbocycles. The molecule has 1 unspecified atom stereocenters. The number of nitrogens with zero attached hydrogens (tertiary/aromatic N) is 4. The number of aromatic nitrogens is 2. The Hall–Kier alpha value is -1.45. The molecular weight excluding hydrogens is 176 g/mol. The maximum atomic E-state index is 4.30. The number of imidazole rings is 1. The summed E-state index contributed by atoms with van der Waals surface area (Å²) in [5, 5.41) is 0. The van der Waals surface area contributed by atoms with E-state index in [2.05, 4.69) is 28.6 Å². The monoisotopic (exact) mass is 192 g/mol. The highest BCUT2D eigenvalue weighted by Crippen LogP contribution is 2.25. The first kappa shape index (κ1) is 10.6. The highest BCUT2D eigenvalue weighted by Gasteiger charge is 2.16. The van der Waals surface area contributed by atoms with Crippen molar-refractivity contribution in [3.63, 3.8) is 0 Å². The fourth-order valence-electron chi connectivity index (χ4n) is 1.33. The average Bonchev–Trinajstić information content (AvgIpc) is 2.57. The van der Waals surface area contributed by atoms with Crippen LogP contribution in [-0.2, 0) is 7.05 Å². The molecule has 0 saturated heterocycles. The van der Waals surface area contributed by atoms with Crippen molar-refractivity contribution in [3.05, 3.63) is 12.0 Å². The highest BCUT2D eigenvalue weighted by atomic mass is 15.1. The first-order valence-electron chi connectivity index (χ1n) is 4.53. The van der Waals surface area contributed by atoms with Crippen molar-refractivity contribution in [2.75, 3.05) is 7.05 Å². The number of aliphatic imine (C=N–C) groups is 2. The number of aryl methyl sites for hydroxylation is 1. The van der Waals surface area contributed by atoms with Crippen LogP contribution in [0.5, 0.6) is 0 Å². The smallest absolute Gasteiger partial charge is 0.155 e. The van der Waals surface area contributed by atoms with E-state index >= 15 is 0 Å². The highest BCUT2D eigenvalue weighted by molar-refractivity contribution is 5.88. The van der Waals surface area contributed by atoms with E-state index in [1.54, 1.807) is 13.4 Å². The predicted molar refractivity (Wildman–Crippen MR) is 59.9 cm³/mol. The van der Waals surface area contributed by atoms with Crippen molar-refractivity contribution in [2.45, 2.75) is 19.8 Å². The first-order chi connectivity index (χ1) is 6.61. The van der Waals surface area contributed by atoms with Gasteiger partial charge in [-0.1, -0.05) is 6.92 Å². The Labute approximate surface area is 84.4 Å². The minimum absolute atomic E-state index is 0.196. The van der Waals surface area contributed by atoms with Crippen LogP contribution in [0.1, 0.15) is 25.5 Å². The molecule has 0 spiro atoms. The molecule has 1 heterocycles. The van der Waals surface area contributed by atoms with Crippen LogP contribution >= 0.6 is 0 Å². The molecule has 0 fully saturated rings. The van der Waals surface area contributed by atoms with E-state index < -0.39 is 0 Å². The minimum Gasteiger partial charge on any atom is -0.319 e. The molecule has 0 N–H and O–H groups in total. The van der Waals surface area contributed by atoms with Crippen molar-refractivity contribution < 1.29 is 0 Å². The molecule has 14 heavy (non-hydrogen) atoms. The van der Waals surface area contributed by atoms with E-state index in [4.69, 9.17) is 0 Å². The van der Waals surface area contributed by atoms with Crippen molar-refractivity contribution in [1.29, 1.82) is 0 Å². The molecule has 0 amide bonds. The van der Waals surface area contributed by atoms with E-state index in [9.17, 15) is 0 Å². The fourth-order valence-corrected chi connectivity index (χ4v) is 1.33. The zero-order valence-electron chi connectivity index (χ0n) is 9.15. The van der Waals surface area contributed by atoms with Gasteiger partial charge in [0.25, 0.3) is 0 Å². The third-order valence-electron chi connectivity index (χ3n) is 2.47. The molecule has 0 bridgehead atoms. The zero-order chi connectivity index (χ0) is 10.7. The molecule has 0 aliphatic heterocycles. The molecule has 1 atom stereocenters. The van der Waals surface area contributed by atoms with Gasteiger partial charge in [-0.15, -0.1) is 0 Å². The first-order valence-corrected chi connectivity index (χ1v) is 4.53. The quantitative estimate of drug-likeness (QED) is 0.675. The van der Waals surface area contributed by atoms with Gasteiger partial charge >= 0.3 is 0 Å². The SMILES string of the molecule is C=Nc1c(C(C)C(C)=NC)ncn1C. The van der Waals surface area contributed by atoms with Crippen LogP contribution in [0.3, 0.4) is 0 Å². The van der Waals surface area contributed by atoms with Crippen LogP contribution < -0.4 is 0 Å². The van der Waals surface area contributed by atoms with Crippen LogP contribution in [0.25, 0.3) is 0 Å². The van der Waals surface area contributed by atoms with Crippen molar-refractivity contribution >= 4 is 18.2 Å². The zero-order valence-corrected chi connectivity index (χ0v) is 9.15. The fraction of sp³-hybridized carbons (Fsp3) is 0.500. The molecule has 1 aromatic rings. The topological polar surface area (TPSA) is 42.5 Å². The summed E-state index contributed by atoms with van der Waals surface area (Å²) in [5.41, 5.74) is 1.99. The van der Waals surface area contributed by atoms with E-state index in [1.165, 1.54) is 0 Å². The predicted octanol–water partition coefficient (Wildman–Crippen LogP) is 1.95. The summed E-state index contributed by atoms with van der Waals surface area (Å²) >= 11 is 0. The minimum atomic E-state index is 0.196. The van der Waals surface area contributed by atoms with Crippen molar-refractivity contribution in [2.24, 2.45) is 17.0 Å². The molecule has 4 heteroatoms. The molecule has 1 aromatic heterocycles. The van der Waals surface area contributed by atoms with Gasteiger partial charge in [0.15, 0.2) is 5.82 Å². The average molecular weight is 192 g/mol. The maximum absolute atomic E-state index is 4.30. The van der Waals surface area contributed by atoms with Gasteiger partial charge in [-0.25, -0.2) is 9.98 Å². The van der Waals surface area contributed by atoms with Crippen molar-refractivity contribution in [1.82, 2.24) is 9.55 Å². The molecule has 0 saturated carbocycles. The lowest BCUT2D eigenvalue weighted by Gasteiger charge is -2.08.